The van der Waals surface area contributed by atoms with Gasteiger partial charge in [0.25, 0.3) is 0 Å². The molecule has 1 aromatic carbocycles. The molecule has 0 radical (unpaired) electrons. The van der Waals surface area contributed by atoms with Gasteiger partial charge in [-0.25, -0.2) is 0 Å². The number of thioether (sulfide) groups is 1. The van der Waals surface area contributed by atoms with Gasteiger partial charge in [-0.2, -0.15) is 0 Å². The minimum Gasteiger partial charge on any atom is -0.461 e. The van der Waals surface area contributed by atoms with E-state index < -0.39 is 0 Å². The Labute approximate surface area is 117 Å². The SMILES string of the molecule is CC(=O)OCc1cccc(SC2CCN(C)C2=O)c1. The molecule has 102 valence electrons. The van der Waals surface area contributed by atoms with Crippen LogP contribution in [0, 0.1) is 0 Å². The molecule has 1 aliphatic heterocycles. The van der Waals surface area contributed by atoms with Crippen LogP contribution in [0.25, 0.3) is 0 Å². The lowest BCUT2D eigenvalue weighted by Gasteiger charge is -2.10. The van der Waals surface area contributed by atoms with Gasteiger partial charge in [-0.3, -0.25) is 9.59 Å². The number of hydrogen-bond donors (Lipinski definition) is 0. The molecule has 0 aliphatic carbocycles. The third-order valence-corrected chi connectivity index (χ3v) is 4.25. The fourth-order valence-corrected chi connectivity index (χ4v) is 3.17. The van der Waals surface area contributed by atoms with Gasteiger partial charge >= 0.3 is 5.97 Å². The molecule has 1 heterocycles. The van der Waals surface area contributed by atoms with Crippen molar-refractivity contribution >= 4 is 23.6 Å². The molecule has 1 aliphatic rings. The maximum atomic E-state index is 11.8. The maximum Gasteiger partial charge on any atom is 0.302 e. The van der Waals surface area contributed by atoms with Crippen molar-refractivity contribution in [3.63, 3.8) is 0 Å². The molecule has 0 N–H and O–H groups in total. The first-order chi connectivity index (χ1) is 9.06. The number of carbonyl (C=O) groups excluding carboxylic acids is 2. The van der Waals surface area contributed by atoms with E-state index >= 15 is 0 Å². The van der Waals surface area contributed by atoms with Crippen molar-refractivity contribution in [2.24, 2.45) is 0 Å². The Kier molecular flexibility index (Phi) is 4.47. The third kappa shape index (κ3) is 3.73. The van der Waals surface area contributed by atoms with Gasteiger partial charge in [0.1, 0.15) is 6.61 Å². The Hall–Kier alpha value is -1.49. The highest BCUT2D eigenvalue weighted by Gasteiger charge is 2.29. The summed E-state index contributed by atoms with van der Waals surface area (Å²) in [6.45, 7) is 2.50. The Bertz CT molecular complexity index is 489. The number of esters is 1. The fourth-order valence-electron chi connectivity index (χ4n) is 1.96. The summed E-state index contributed by atoms with van der Waals surface area (Å²) in [6, 6.07) is 7.78. The van der Waals surface area contributed by atoms with E-state index in [-0.39, 0.29) is 23.7 Å². The van der Waals surface area contributed by atoms with E-state index in [0.29, 0.717) is 0 Å². The normalized spacial score (nSPS) is 18.7. The zero-order valence-electron chi connectivity index (χ0n) is 11.1. The number of rotatable bonds is 4. The molecular weight excluding hydrogens is 262 g/mol. The number of likely N-dealkylation sites (tertiary alicyclic amines) is 1. The Morgan fingerprint density at radius 3 is 2.95 bits per heavy atom. The summed E-state index contributed by atoms with van der Waals surface area (Å²) >= 11 is 1.58. The summed E-state index contributed by atoms with van der Waals surface area (Å²) in [5.74, 6) is -0.0963. The highest BCUT2D eigenvalue weighted by molar-refractivity contribution is 8.00. The Morgan fingerprint density at radius 1 is 1.53 bits per heavy atom. The summed E-state index contributed by atoms with van der Waals surface area (Å²) < 4.78 is 4.97. The van der Waals surface area contributed by atoms with Gasteiger partial charge in [-0.15, -0.1) is 11.8 Å². The van der Waals surface area contributed by atoms with E-state index in [1.165, 1.54) is 6.92 Å². The predicted molar refractivity (Wildman–Crippen MR) is 73.8 cm³/mol. The summed E-state index contributed by atoms with van der Waals surface area (Å²) in [6.07, 6.45) is 0.883. The molecule has 1 saturated heterocycles. The largest absolute Gasteiger partial charge is 0.461 e. The molecular formula is C14H17NO3S. The zero-order chi connectivity index (χ0) is 13.8. The second kappa shape index (κ2) is 6.10. The molecule has 0 spiro atoms. The van der Waals surface area contributed by atoms with Crippen LogP contribution in [0.2, 0.25) is 0 Å². The van der Waals surface area contributed by atoms with E-state index in [1.807, 2.05) is 31.3 Å². The van der Waals surface area contributed by atoms with Crippen molar-refractivity contribution in [1.29, 1.82) is 0 Å². The van der Waals surface area contributed by atoms with Crippen LogP contribution in [0.1, 0.15) is 18.9 Å². The van der Waals surface area contributed by atoms with Gasteiger partial charge < -0.3 is 9.64 Å². The van der Waals surface area contributed by atoms with E-state index in [0.717, 1.165) is 23.4 Å². The van der Waals surface area contributed by atoms with Crippen molar-refractivity contribution in [1.82, 2.24) is 4.90 Å². The van der Waals surface area contributed by atoms with Crippen molar-refractivity contribution in [3.8, 4) is 0 Å². The molecule has 1 fully saturated rings. The van der Waals surface area contributed by atoms with Gasteiger partial charge in [0.05, 0.1) is 5.25 Å². The van der Waals surface area contributed by atoms with E-state index in [1.54, 1.807) is 16.7 Å². The van der Waals surface area contributed by atoms with E-state index in [9.17, 15) is 9.59 Å². The van der Waals surface area contributed by atoms with Crippen LogP contribution in [0.15, 0.2) is 29.2 Å². The van der Waals surface area contributed by atoms with Gasteiger partial charge in [0, 0.05) is 25.4 Å². The van der Waals surface area contributed by atoms with Crippen molar-refractivity contribution < 1.29 is 14.3 Å². The summed E-state index contributed by atoms with van der Waals surface area (Å²) in [7, 11) is 1.83. The highest BCUT2D eigenvalue weighted by atomic mass is 32.2. The summed E-state index contributed by atoms with van der Waals surface area (Å²) in [4.78, 5) is 25.4. The minimum atomic E-state index is -0.286. The average molecular weight is 279 g/mol. The Balaban J connectivity index is 1.99. The van der Waals surface area contributed by atoms with E-state index in [4.69, 9.17) is 4.74 Å². The molecule has 5 heteroatoms. The van der Waals surface area contributed by atoms with Crippen LogP contribution in [-0.2, 0) is 20.9 Å². The number of carbonyl (C=O) groups is 2. The summed E-state index contributed by atoms with van der Waals surface area (Å²) in [5.41, 5.74) is 0.944. The fraction of sp³-hybridized carbons (Fsp3) is 0.429. The number of ether oxygens (including phenoxy) is 1. The average Bonchev–Trinajstić information content (AvgIpc) is 2.69. The first-order valence-corrected chi connectivity index (χ1v) is 7.08. The van der Waals surface area contributed by atoms with Gasteiger partial charge in [-0.1, -0.05) is 12.1 Å². The molecule has 0 saturated carbocycles. The molecule has 1 aromatic rings. The van der Waals surface area contributed by atoms with Crippen LogP contribution >= 0.6 is 11.8 Å². The van der Waals surface area contributed by atoms with Gasteiger partial charge in [-0.05, 0) is 24.1 Å². The number of hydrogen-bond acceptors (Lipinski definition) is 4. The lowest BCUT2D eigenvalue weighted by atomic mass is 10.2. The maximum absolute atomic E-state index is 11.8. The number of amides is 1. The lowest BCUT2D eigenvalue weighted by molar-refractivity contribution is -0.142. The first kappa shape index (κ1) is 13.9. The quantitative estimate of drug-likeness (QED) is 0.792. The van der Waals surface area contributed by atoms with Crippen LogP contribution in [0.5, 0.6) is 0 Å². The Morgan fingerprint density at radius 2 is 2.32 bits per heavy atom. The van der Waals surface area contributed by atoms with Crippen LogP contribution in [0.4, 0.5) is 0 Å². The smallest absolute Gasteiger partial charge is 0.302 e. The molecule has 19 heavy (non-hydrogen) atoms. The molecule has 1 amide bonds. The minimum absolute atomic E-state index is 0.00831. The molecule has 1 atom stereocenters. The number of nitrogens with zero attached hydrogens (tertiary/aromatic N) is 1. The first-order valence-electron chi connectivity index (χ1n) is 6.20. The number of benzene rings is 1. The van der Waals surface area contributed by atoms with Crippen molar-refractivity contribution in [2.45, 2.75) is 30.1 Å². The van der Waals surface area contributed by atoms with Crippen molar-refractivity contribution in [2.75, 3.05) is 13.6 Å². The molecule has 0 bridgehead atoms. The van der Waals surface area contributed by atoms with Gasteiger partial charge in [0.2, 0.25) is 5.91 Å². The zero-order valence-corrected chi connectivity index (χ0v) is 11.9. The molecule has 0 aromatic heterocycles. The van der Waals surface area contributed by atoms with Gasteiger partial charge in [0.15, 0.2) is 0 Å². The summed E-state index contributed by atoms with van der Waals surface area (Å²) in [5, 5.41) is 0.00831. The second-order valence-electron chi connectivity index (χ2n) is 4.58. The second-order valence-corrected chi connectivity index (χ2v) is 5.86. The topological polar surface area (TPSA) is 46.6 Å². The standard InChI is InChI=1S/C14H17NO3S/c1-10(16)18-9-11-4-3-5-12(8-11)19-13-6-7-15(2)14(13)17/h3-5,8,13H,6-7,9H2,1-2H3. The third-order valence-electron chi connectivity index (χ3n) is 3.00. The van der Waals surface area contributed by atoms with Crippen LogP contribution < -0.4 is 0 Å². The van der Waals surface area contributed by atoms with Crippen LogP contribution in [0.3, 0.4) is 0 Å². The predicted octanol–water partition coefficient (Wildman–Crippen LogP) is 2.07. The molecule has 1 unspecified atom stereocenters. The highest BCUT2D eigenvalue weighted by Crippen LogP contribution is 2.30. The monoisotopic (exact) mass is 279 g/mol. The lowest BCUT2D eigenvalue weighted by Crippen LogP contribution is -2.23. The van der Waals surface area contributed by atoms with Crippen molar-refractivity contribution in [3.05, 3.63) is 29.8 Å². The molecule has 2 rings (SSSR count). The van der Waals surface area contributed by atoms with E-state index in [2.05, 4.69) is 0 Å². The molecule has 4 nitrogen and oxygen atoms in total. The van der Waals surface area contributed by atoms with Crippen LogP contribution in [-0.4, -0.2) is 35.6 Å².